The van der Waals surface area contributed by atoms with Crippen molar-refractivity contribution in [1.29, 1.82) is 0 Å². The summed E-state index contributed by atoms with van der Waals surface area (Å²) in [6, 6.07) is 8.80. The average molecular weight is 285 g/mol. The Bertz CT molecular complexity index is 649. The molecule has 2 heterocycles. The van der Waals surface area contributed by atoms with Gasteiger partial charge in [-0.25, -0.2) is 0 Å². The number of aromatic nitrogens is 2. The molecule has 0 radical (unpaired) electrons. The van der Waals surface area contributed by atoms with Crippen molar-refractivity contribution in [1.82, 2.24) is 4.57 Å². The predicted octanol–water partition coefficient (Wildman–Crippen LogP) is 4.34. The van der Waals surface area contributed by atoms with Crippen LogP contribution in [0.15, 0.2) is 30.5 Å². The normalized spacial score (nSPS) is 12.8. The van der Waals surface area contributed by atoms with Crippen molar-refractivity contribution in [2.45, 2.75) is 59.4 Å². The molecule has 0 atom stereocenters. The van der Waals surface area contributed by atoms with Gasteiger partial charge in [-0.1, -0.05) is 20.8 Å². The maximum atomic E-state index is 2.37. The largest absolute Gasteiger partial charge is 0.343 e. The van der Waals surface area contributed by atoms with Crippen molar-refractivity contribution in [3.63, 3.8) is 0 Å². The molecule has 0 fully saturated rings. The molecule has 0 saturated carbocycles. The maximum Gasteiger partial charge on any atom is 0.229 e. The van der Waals surface area contributed by atoms with Gasteiger partial charge >= 0.3 is 0 Å². The van der Waals surface area contributed by atoms with Crippen molar-refractivity contribution in [2.24, 2.45) is 7.05 Å². The minimum Gasteiger partial charge on any atom is -0.343 e. The molecule has 0 aromatic carbocycles. The molecule has 0 spiro atoms. The molecule has 0 aliphatic carbocycles. The van der Waals surface area contributed by atoms with Crippen molar-refractivity contribution in [3.8, 4) is 11.4 Å². The molecule has 114 valence electrons. The molecule has 0 unspecified atom stereocenters. The molecule has 2 aromatic rings. The highest BCUT2D eigenvalue weighted by atomic mass is 15.1. The Kier molecular flexibility index (Phi) is 3.77. The SMILES string of the molecule is Cc1cc(C(C)(C)C)c(-c2cccc[n+]2C(C)(C)C)n1C. The third kappa shape index (κ3) is 2.90. The van der Waals surface area contributed by atoms with Crippen LogP contribution in [-0.2, 0) is 18.0 Å². The molecule has 0 bridgehead atoms. The summed E-state index contributed by atoms with van der Waals surface area (Å²) in [7, 11) is 2.17. The van der Waals surface area contributed by atoms with Gasteiger partial charge in [0.15, 0.2) is 11.7 Å². The van der Waals surface area contributed by atoms with Crippen LogP contribution in [0.5, 0.6) is 0 Å². The third-order valence-electron chi connectivity index (χ3n) is 4.11. The lowest BCUT2D eigenvalue weighted by Crippen LogP contribution is -2.51. The highest BCUT2D eigenvalue weighted by Crippen LogP contribution is 2.34. The van der Waals surface area contributed by atoms with Crippen molar-refractivity contribution < 1.29 is 4.57 Å². The van der Waals surface area contributed by atoms with E-state index in [1.165, 1.54) is 22.6 Å². The molecule has 0 amide bonds. The summed E-state index contributed by atoms with van der Waals surface area (Å²) in [4.78, 5) is 0. The summed E-state index contributed by atoms with van der Waals surface area (Å²) in [6.07, 6.45) is 2.18. The van der Waals surface area contributed by atoms with E-state index in [2.05, 4.69) is 95.1 Å². The van der Waals surface area contributed by atoms with Gasteiger partial charge in [-0.05, 0) is 30.0 Å². The first-order chi connectivity index (χ1) is 9.53. The lowest BCUT2D eigenvalue weighted by Gasteiger charge is -2.22. The van der Waals surface area contributed by atoms with Crippen LogP contribution < -0.4 is 4.57 Å². The number of nitrogens with zero attached hydrogens (tertiary/aromatic N) is 2. The number of pyridine rings is 1. The number of aryl methyl sites for hydroxylation is 1. The van der Waals surface area contributed by atoms with Gasteiger partial charge in [-0.2, -0.15) is 4.57 Å². The second kappa shape index (κ2) is 5.01. The molecule has 2 heteroatoms. The third-order valence-corrected chi connectivity index (χ3v) is 4.11. The van der Waals surface area contributed by atoms with Gasteiger partial charge in [-0.3, -0.25) is 0 Å². The van der Waals surface area contributed by atoms with E-state index in [9.17, 15) is 0 Å². The minimum absolute atomic E-state index is 0.0594. The second-order valence-electron chi connectivity index (χ2n) is 7.98. The molecule has 2 aromatic heterocycles. The van der Waals surface area contributed by atoms with Gasteiger partial charge in [0.25, 0.3) is 0 Å². The van der Waals surface area contributed by atoms with Crippen molar-refractivity contribution in [2.75, 3.05) is 0 Å². The Labute approximate surface area is 129 Å². The average Bonchev–Trinajstić information content (AvgIpc) is 2.65. The van der Waals surface area contributed by atoms with Gasteiger partial charge in [0, 0.05) is 45.6 Å². The van der Waals surface area contributed by atoms with E-state index in [4.69, 9.17) is 0 Å². The standard InChI is InChI=1S/C19H29N2/c1-14-13-15(18(2,3)4)17(20(14)8)16-11-9-10-12-21(16)19(5,6)7/h9-13H,1-8H3/q+1. The topological polar surface area (TPSA) is 8.81 Å². The monoisotopic (exact) mass is 285 g/mol. The lowest BCUT2D eigenvalue weighted by atomic mass is 9.86. The van der Waals surface area contributed by atoms with Crippen LogP contribution in [0.4, 0.5) is 0 Å². The second-order valence-corrected chi connectivity index (χ2v) is 7.98. The zero-order valence-corrected chi connectivity index (χ0v) is 14.8. The van der Waals surface area contributed by atoms with Gasteiger partial charge in [0.05, 0.1) is 0 Å². The van der Waals surface area contributed by atoms with Crippen LogP contribution in [0.3, 0.4) is 0 Å². The quantitative estimate of drug-likeness (QED) is 0.689. The first kappa shape index (κ1) is 15.8. The number of hydrogen-bond acceptors (Lipinski definition) is 0. The van der Waals surface area contributed by atoms with E-state index in [1.807, 2.05) is 0 Å². The Morgan fingerprint density at radius 1 is 1.00 bits per heavy atom. The molecular weight excluding hydrogens is 256 g/mol. The van der Waals surface area contributed by atoms with E-state index in [0.717, 1.165) is 0 Å². The van der Waals surface area contributed by atoms with Crippen LogP contribution in [0.2, 0.25) is 0 Å². The molecule has 2 nitrogen and oxygen atoms in total. The number of rotatable bonds is 1. The van der Waals surface area contributed by atoms with E-state index < -0.39 is 0 Å². The first-order valence-corrected chi connectivity index (χ1v) is 7.72. The van der Waals surface area contributed by atoms with Crippen LogP contribution in [-0.4, -0.2) is 4.57 Å². The lowest BCUT2D eigenvalue weighted by molar-refractivity contribution is -0.744. The van der Waals surface area contributed by atoms with Gasteiger partial charge in [0.1, 0.15) is 5.69 Å². The molecule has 21 heavy (non-hydrogen) atoms. The molecule has 2 rings (SSSR count). The van der Waals surface area contributed by atoms with E-state index in [1.54, 1.807) is 0 Å². The Morgan fingerprint density at radius 3 is 2.14 bits per heavy atom. The zero-order chi connectivity index (χ0) is 16.0. The maximum absolute atomic E-state index is 2.37. The van der Waals surface area contributed by atoms with Gasteiger partial charge in [0.2, 0.25) is 5.69 Å². The van der Waals surface area contributed by atoms with Crippen LogP contribution in [0.1, 0.15) is 52.8 Å². The van der Waals surface area contributed by atoms with Crippen molar-refractivity contribution in [3.05, 3.63) is 41.7 Å². The summed E-state index contributed by atoms with van der Waals surface area (Å²) in [5.74, 6) is 0. The van der Waals surface area contributed by atoms with Gasteiger partial charge in [-0.15, -0.1) is 0 Å². The fourth-order valence-electron chi connectivity index (χ4n) is 2.83. The Balaban J connectivity index is 2.80. The molecule has 0 aliphatic rings. The smallest absolute Gasteiger partial charge is 0.229 e. The van der Waals surface area contributed by atoms with E-state index >= 15 is 0 Å². The molecule has 0 N–H and O–H groups in total. The van der Waals surface area contributed by atoms with Crippen LogP contribution in [0.25, 0.3) is 11.4 Å². The summed E-state index contributed by atoms with van der Waals surface area (Å²) in [5, 5.41) is 0. The summed E-state index contributed by atoms with van der Waals surface area (Å²) < 4.78 is 4.69. The highest BCUT2D eigenvalue weighted by Gasteiger charge is 2.31. The highest BCUT2D eigenvalue weighted by molar-refractivity contribution is 5.61. The summed E-state index contributed by atoms with van der Waals surface area (Å²) >= 11 is 0. The Morgan fingerprint density at radius 2 is 1.62 bits per heavy atom. The predicted molar refractivity (Wildman–Crippen MR) is 89.5 cm³/mol. The summed E-state index contributed by atoms with van der Waals surface area (Å²) in [6.45, 7) is 15.8. The first-order valence-electron chi connectivity index (χ1n) is 7.72. The van der Waals surface area contributed by atoms with E-state index in [-0.39, 0.29) is 11.0 Å². The minimum atomic E-state index is 0.0594. The Hall–Kier alpha value is -1.57. The van der Waals surface area contributed by atoms with Gasteiger partial charge < -0.3 is 4.57 Å². The molecule has 0 saturated heterocycles. The fourth-order valence-corrected chi connectivity index (χ4v) is 2.83. The zero-order valence-electron chi connectivity index (χ0n) is 14.8. The van der Waals surface area contributed by atoms with E-state index in [0.29, 0.717) is 0 Å². The molecular formula is C19H29N2+. The molecule has 0 aliphatic heterocycles. The number of hydrogen-bond donors (Lipinski definition) is 0. The van der Waals surface area contributed by atoms with Crippen LogP contribution in [0, 0.1) is 6.92 Å². The van der Waals surface area contributed by atoms with Crippen molar-refractivity contribution >= 4 is 0 Å². The summed E-state index contributed by atoms with van der Waals surface area (Å²) in [5.41, 5.74) is 5.52. The van der Waals surface area contributed by atoms with Crippen LogP contribution >= 0.6 is 0 Å². The fraction of sp³-hybridized carbons (Fsp3) is 0.526.